The first kappa shape index (κ1) is 14.4. The Balaban J connectivity index is 2.39. The summed E-state index contributed by atoms with van der Waals surface area (Å²) in [5, 5.41) is 5.02. The summed E-state index contributed by atoms with van der Waals surface area (Å²) in [6, 6.07) is 0. The number of carbonyl (C=O) groups excluding carboxylic acids is 1. The number of nitrogens with zero attached hydrogens (tertiary/aromatic N) is 2. The van der Waals surface area contributed by atoms with E-state index >= 15 is 0 Å². The van der Waals surface area contributed by atoms with Crippen LogP contribution in [0.15, 0.2) is 0 Å². The molecule has 0 bridgehead atoms. The maximum Gasteiger partial charge on any atom is 0.277 e. The second kappa shape index (κ2) is 5.79. The van der Waals surface area contributed by atoms with Crippen molar-refractivity contribution in [2.24, 2.45) is 11.1 Å². The van der Waals surface area contributed by atoms with E-state index in [0.29, 0.717) is 38.5 Å². The standard InChI is InChI=1S/C10H21N3O3S/c1-9(2)3-4-10(14)12-5-7-13(8-6-12)17(11,15)16/h9H,3-8H2,1-2H3,(H2,11,15,16). The molecule has 17 heavy (non-hydrogen) atoms. The lowest BCUT2D eigenvalue weighted by Gasteiger charge is -2.33. The zero-order chi connectivity index (χ0) is 13.1. The third-order valence-electron chi connectivity index (χ3n) is 2.89. The number of nitrogens with two attached hydrogens (primary N) is 1. The smallest absolute Gasteiger partial charge is 0.277 e. The Labute approximate surface area is 103 Å². The van der Waals surface area contributed by atoms with Gasteiger partial charge in [-0.1, -0.05) is 13.8 Å². The van der Waals surface area contributed by atoms with Crippen LogP contribution in [0.3, 0.4) is 0 Å². The lowest BCUT2D eigenvalue weighted by molar-refractivity contribution is -0.132. The predicted octanol–water partition coefficient (Wildman–Crippen LogP) is -0.230. The van der Waals surface area contributed by atoms with Crippen molar-refractivity contribution in [3.8, 4) is 0 Å². The minimum atomic E-state index is -3.61. The maximum absolute atomic E-state index is 11.8. The quantitative estimate of drug-likeness (QED) is 0.760. The van der Waals surface area contributed by atoms with Crippen molar-refractivity contribution < 1.29 is 13.2 Å². The summed E-state index contributed by atoms with van der Waals surface area (Å²) in [6.45, 7) is 5.62. The normalized spacial score (nSPS) is 18.7. The van der Waals surface area contributed by atoms with Gasteiger partial charge in [0.25, 0.3) is 10.2 Å². The van der Waals surface area contributed by atoms with E-state index in [9.17, 15) is 13.2 Å². The number of carbonyl (C=O) groups is 1. The molecule has 0 saturated carbocycles. The molecule has 6 nitrogen and oxygen atoms in total. The van der Waals surface area contributed by atoms with Crippen molar-refractivity contribution in [1.82, 2.24) is 9.21 Å². The molecule has 0 radical (unpaired) electrons. The van der Waals surface area contributed by atoms with Gasteiger partial charge in [0.1, 0.15) is 0 Å². The molecule has 1 rings (SSSR count). The zero-order valence-electron chi connectivity index (χ0n) is 10.4. The van der Waals surface area contributed by atoms with Crippen molar-refractivity contribution in [2.75, 3.05) is 26.2 Å². The fourth-order valence-electron chi connectivity index (χ4n) is 1.76. The Kier molecular flexibility index (Phi) is 4.91. The van der Waals surface area contributed by atoms with Crippen molar-refractivity contribution in [3.63, 3.8) is 0 Å². The topological polar surface area (TPSA) is 83.7 Å². The van der Waals surface area contributed by atoms with Crippen LogP contribution in [-0.2, 0) is 15.0 Å². The third kappa shape index (κ3) is 4.61. The molecule has 1 aliphatic rings. The fraction of sp³-hybridized carbons (Fsp3) is 0.900. The number of piperazine rings is 1. The van der Waals surface area contributed by atoms with E-state index < -0.39 is 10.2 Å². The number of hydrogen-bond donors (Lipinski definition) is 1. The van der Waals surface area contributed by atoms with Gasteiger partial charge in [0.05, 0.1) is 0 Å². The van der Waals surface area contributed by atoms with E-state index in [0.717, 1.165) is 6.42 Å². The fourth-order valence-corrected chi connectivity index (χ4v) is 2.43. The molecular weight excluding hydrogens is 242 g/mol. The van der Waals surface area contributed by atoms with Gasteiger partial charge in [-0.25, -0.2) is 5.14 Å². The van der Waals surface area contributed by atoms with Crippen LogP contribution in [0.1, 0.15) is 26.7 Å². The van der Waals surface area contributed by atoms with Crippen LogP contribution in [0, 0.1) is 5.92 Å². The number of rotatable bonds is 4. The summed E-state index contributed by atoms with van der Waals surface area (Å²) in [7, 11) is -3.61. The van der Waals surface area contributed by atoms with Crippen LogP contribution in [0.25, 0.3) is 0 Å². The molecule has 100 valence electrons. The monoisotopic (exact) mass is 263 g/mol. The van der Waals surface area contributed by atoms with Gasteiger partial charge in [-0.3, -0.25) is 4.79 Å². The van der Waals surface area contributed by atoms with Crippen molar-refractivity contribution >= 4 is 16.1 Å². The average Bonchev–Trinajstić information content (AvgIpc) is 2.25. The second-order valence-electron chi connectivity index (χ2n) is 4.76. The number of amides is 1. The maximum atomic E-state index is 11.8. The van der Waals surface area contributed by atoms with Crippen LogP contribution < -0.4 is 5.14 Å². The molecule has 0 aromatic heterocycles. The Morgan fingerprint density at radius 1 is 1.24 bits per heavy atom. The molecule has 0 aliphatic carbocycles. The van der Waals surface area contributed by atoms with Crippen molar-refractivity contribution in [2.45, 2.75) is 26.7 Å². The first-order valence-corrected chi connectivity index (χ1v) is 7.36. The highest BCUT2D eigenvalue weighted by molar-refractivity contribution is 7.86. The van der Waals surface area contributed by atoms with Gasteiger partial charge in [0.2, 0.25) is 5.91 Å². The molecule has 0 atom stereocenters. The molecule has 1 aliphatic heterocycles. The van der Waals surface area contributed by atoms with Gasteiger partial charge in [-0.15, -0.1) is 0 Å². The summed E-state index contributed by atoms with van der Waals surface area (Å²) in [5.74, 6) is 0.609. The van der Waals surface area contributed by atoms with Gasteiger partial charge < -0.3 is 4.90 Å². The number of hydrogen-bond acceptors (Lipinski definition) is 3. The summed E-state index contributed by atoms with van der Waals surface area (Å²) in [4.78, 5) is 13.5. The van der Waals surface area contributed by atoms with Crippen molar-refractivity contribution in [1.29, 1.82) is 0 Å². The highest BCUT2D eigenvalue weighted by atomic mass is 32.2. The largest absolute Gasteiger partial charge is 0.340 e. The van der Waals surface area contributed by atoms with Crippen LogP contribution in [0.2, 0.25) is 0 Å². The first-order valence-electron chi connectivity index (χ1n) is 5.86. The lowest BCUT2D eigenvalue weighted by Crippen LogP contribution is -2.52. The molecule has 1 saturated heterocycles. The minimum Gasteiger partial charge on any atom is -0.340 e. The molecular formula is C10H21N3O3S. The molecule has 0 unspecified atom stereocenters. The Bertz CT molecular complexity index is 359. The van der Waals surface area contributed by atoms with Crippen molar-refractivity contribution in [3.05, 3.63) is 0 Å². The van der Waals surface area contributed by atoms with E-state index in [4.69, 9.17) is 5.14 Å². The summed E-state index contributed by atoms with van der Waals surface area (Å²) >= 11 is 0. The van der Waals surface area contributed by atoms with Gasteiger partial charge in [-0.2, -0.15) is 12.7 Å². The Hall–Kier alpha value is -0.660. The summed E-state index contributed by atoms with van der Waals surface area (Å²) < 4.78 is 23.4. The highest BCUT2D eigenvalue weighted by Gasteiger charge is 2.26. The van der Waals surface area contributed by atoms with Gasteiger partial charge in [0.15, 0.2) is 0 Å². The molecule has 2 N–H and O–H groups in total. The third-order valence-corrected chi connectivity index (χ3v) is 3.97. The Morgan fingerprint density at radius 2 is 1.76 bits per heavy atom. The lowest BCUT2D eigenvalue weighted by atomic mass is 10.1. The summed E-state index contributed by atoms with van der Waals surface area (Å²) in [5.41, 5.74) is 0. The molecule has 0 spiro atoms. The van der Waals surface area contributed by atoms with Gasteiger partial charge in [-0.05, 0) is 12.3 Å². The molecule has 0 aromatic rings. The SMILES string of the molecule is CC(C)CCC(=O)N1CCN(S(N)(=O)=O)CC1. The van der Waals surface area contributed by atoms with E-state index in [1.807, 2.05) is 0 Å². The molecule has 1 heterocycles. The average molecular weight is 263 g/mol. The first-order chi connectivity index (χ1) is 7.80. The van der Waals surface area contributed by atoms with Crippen LogP contribution in [0.4, 0.5) is 0 Å². The molecule has 0 aromatic carbocycles. The minimum absolute atomic E-state index is 0.104. The van der Waals surface area contributed by atoms with E-state index in [1.54, 1.807) is 4.90 Å². The molecule has 1 amide bonds. The van der Waals surface area contributed by atoms with E-state index in [-0.39, 0.29) is 5.91 Å². The second-order valence-corrected chi connectivity index (χ2v) is 6.30. The zero-order valence-corrected chi connectivity index (χ0v) is 11.2. The highest BCUT2D eigenvalue weighted by Crippen LogP contribution is 2.10. The molecule has 1 fully saturated rings. The van der Waals surface area contributed by atoms with Crippen LogP contribution in [-0.4, -0.2) is 49.7 Å². The predicted molar refractivity (Wildman–Crippen MR) is 65.3 cm³/mol. The van der Waals surface area contributed by atoms with Gasteiger partial charge in [0, 0.05) is 32.6 Å². The summed E-state index contributed by atoms with van der Waals surface area (Å²) in [6.07, 6.45) is 1.40. The van der Waals surface area contributed by atoms with E-state index in [2.05, 4.69) is 13.8 Å². The van der Waals surface area contributed by atoms with Crippen LogP contribution in [0.5, 0.6) is 0 Å². The van der Waals surface area contributed by atoms with E-state index in [1.165, 1.54) is 4.31 Å². The molecule has 7 heteroatoms. The van der Waals surface area contributed by atoms with Crippen LogP contribution >= 0.6 is 0 Å². The van der Waals surface area contributed by atoms with Gasteiger partial charge >= 0.3 is 0 Å². The Morgan fingerprint density at radius 3 is 2.18 bits per heavy atom.